The molecule has 1 aromatic rings. The third-order valence-electron chi connectivity index (χ3n) is 3.23. The summed E-state index contributed by atoms with van der Waals surface area (Å²) in [6.45, 7) is 0.307. The Hall–Kier alpha value is -0.580. The standard InChI is InChI=1S/C13H17BrO3/c14-12-4-3-11(7-10(12)8-15)17-9-13(16)5-1-2-6-13/h3-4,7,15-16H,1-2,5-6,8-9H2. The highest BCUT2D eigenvalue weighted by atomic mass is 79.9. The fourth-order valence-electron chi connectivity index (χ4n) is 2.16. The Labute approximate surface area is 110 Å². The number of aliphatic hydroxyl groups excluding tert-OH is 1. The van der Waals surface area contributed by atoms with Gasteiger partial charge in [-0.1, -0.05) is 28.8 Å². The molecule has 0 spiro atoms. The summed E-state index contributed by atoms with van der Waals surface area (Å²) in [6, 6.07) is 5.48. The minimum absolute atomic E-state index is 0.0257. The molecule has 1 aliphatic rings. The van der Waals surface area contributed by atoms with Gasteiger partial charge in [0.1, 0.15) is 12.4 Å². The Morgan fingerprint density at radius 2 is 2.00 bits per heavy atom. The molecule has 1 fully saturated rings. The Balaban J connectivity index is 1.99. The topological polar surface area (TPSA) is 49.7 Å². The summed E-state index contributed by atoms with van der Waals surface area (Å²) in [5.74, 6) is 0.692. The summed E-state index contributed by atoms with van der Waals surface area (Å²) >= 11 is 3.35. The van der Waals surface area contributed by atoms with Gasteiger partial charge in [-0.05, 0) is 36.6 Å². The van der Waals surface area contributed by atoms with Gasteiger partial charge in [0.15, 0.2) is 0 Å². The summed E-state index contributed by atoms with van der Waals surface area (Å²) in [7, 11) is 0. The van der Waals surface area contributed by atoms with Crippen LogP contribution in [0.5, 0.6) is 5.75 Å². The zero-order chi connectivity index (χ0) is 12.3. The van der Waals surface area contributed by atoms with Crippen LogP contribution >= 0.6 is 15.9 Å². The summed E-state index contributed by atoms with van der Waals surface area (Å²) in [5, 5.41) is 19.3. The van der Waals surface area contributed by atoms with E-state index in [-0.39, 0.29) is 6.61 Å². The fourth-order valence-corrected chi connectivity index (χ4v) is 2.53. The predicted molar refractivity (Wildman–Crippen MR) is 69.0 cm³/mol. The van der Waals surface area contributed by atoms with Crippen LogP contribution in [-0.2, 0) is 6.61 Å². The van der Waals surface area contributed by atoms with Gasteiger partial charge in [-0.25, -0.2) is 0 Å². The lowest BCUT2D eigenvalue weighted by molar-refractivity contribution is 0.00136. The third-order valence-corrected chi connectivity index (χ3v) is 4.00. The van der Waals surface area contributed by atoms with Crippen LogP contribution in [0.1, 0.15) is 31.2 Å². The van der Waals surface area contributed by atoms with Gasteiger partial charge in [-0.3, -0.25) is 0 Å². The Morgan fingerprint density at radius 3 is 2.65 bits per heavy atom. The van der Waals surface area contributed by atoms with E-state index in [1.807, 2.05) is 12.1 Å². The normalized spacial score (nSPS) is 18.3. The van der Waals surface area contributed by atoms with E-state index < -0.39 is 5.60 Å². The SMILES string of the molecule is OCc1cc(OCC2(O)CCCC2)ccc1Br. The van der Waals surface area contributed by atoms with Gasteiger partial charge in [-0.2, -0.15) is 0 Å². The maximum Gasteiger partial charge on any atom is 0.119 e. The lowest BCUT2D eigenvalue weighted by Gasteiger charge is -2.22. The second kappa shape index (κ2) is 5.38. The van der Waals surface area contributed by atoms with E-state index in [9.17, 15) is 5.11 Å². The lowest BCUT2D eigenvalue weighted by Crippen LogP contribution is -2.32. The first-order valence-corrected chi connectivity index (χ1v) is 6.67. The summed E-state index contributed by atoms with van der Waals surface area (Å²) in [4.78, 5) is 0. The molecule has 2 rings (SSSR count). The van der Waals surface area contributed by atoms with E-state index in [0.717, 1.165) is 35.7 Å². The predicted octanol–water partition coefficient (Wildman–Crippen LogP) is 2.63. The molecule has 4 heteroatoms. The molecule has 3 nitrogen and oxygen atoms in total. The zero-order valence-corrected chi connectivity index (χ0v) is 11.2. The molecule has 1 aliphatic carbocycles. The molecule has 1 aromatic carbocycles. The number of aliphatic hydroxyl groups is 2. The van der Waals surface area contributed by atoms with Crippen molar-refractivity contribution >= 4 is 15.9 Å². The average Bonchev–Trinajstić information content (AvgIpc) is 2.76. The van der Waals surface area contributed by atoms with Crippen LogP contribution in [0.25, 0.3) is 0 Å². The van der Waals surface area contributed by atoms with Crippen LogP contribution in [0.2, 0.25) is 0 Å². The Morgan fingerprint density at radius 1 is 1.29 bits per heavy atom. The molecule has 0 saturated heterocycles. The summed E-state index contributed by atoms with van der Waals surface area (Å²) in [6.07, 6.45) is 3.77. The second-order valence-corrected chi connectivity index (χ2v) is 5.49. The van der Waals surface area contributed by atoms with Crippen LogP contribution < -0.4 is 4.74 Å². The van der Waals surface area contributed by atoms with Crippen LogP contribution in [-0.4, -0.2) is 22.4 Å². The van der Waals surface area contributed by atoms with Crippen LogP contribution in [0.15, 0.2) is 22.7 Å². The van der Waals surface area contributed by atoms with Crippen molar-refractivity contribution in [2.24, 2.45) is 0 Å². The maximum absolute atomic E-state index is 10.2. The molecule has 0 amide bonds. The van der Waals surface area contributed by atoms with Crippen molar-refractivity contribution in [3.63, 3.8) is 0 Å². The van der Waals surface area contributed by atoms with Gasteiger partial charge >= 0.3 is 0 Å². The molecule has 17 heavy (non-hydrogen) atoms. The molecule has 1 saturated carbocycles. The van der Waals surface area contributed by atoms with Crippen molar-refractivity contribution < 1.29 is 14.9 Å². The molecule has 0 bridgehead atoms. The van der Waals surface area contributed by atoms with Gasteiger partial charge in [0, 0.05) is 4.47 Å². The summed E-state index contributed by atoms with van der Waals surface area (Å²) < 4.78 is 6.48. The molecule has 0 aliphatic heterocycles. The van der Waals surface area contributed by atoms with E-state index in [2.05, 4.69) is 15.9 Å². The average molecular weight is 301 g/mol. The third kappa shape index (κ3) is 3.21. The van der Waals surface area contributed by atoms with Gasteiger partial charge in [0.25, 0.3) is 0 Å². The van der Waals surface area contributed by atoms with E-state index >= 15 is 0 Å². The van der Waals surface area contributed by atoms with Crippen molar-refractivity contribution in [1.29, 1.82) is 0 Å². The minimum atomic E-state index is -0.660. The molecule has 0 atom stereocenters. The highest BCUT2D eigenvalue weighted by Crippen LogP contribution is 2.30. The smallest absolute Gasteiger partial charge is 0.119 e. The van der Waals surface area contributed by atoms with Gasteiger partial charge in [0.05, 0.1) is 12.2 Å². The molecular weight excluding hydrogens is 284 g/mol. The molecule has 0 unspecified atom stereocenters. The molecule has 0 aromatic heterocycles. The number of rotatable bonds is 4. The monoisotopic (exact) mass is 300 g/mol. The molecule has 2 N–H and O–H groups in total. The van der Waals surface area contributed by atoms with Crippen LogP contribution in [0.4, 0.5) is 0 Å². The van der Waals surface area contributed by atoms with E-state index in [1.165, 1.54) is 0 Å². The first kappa shape index (κ1) is 12.9. The number of halogens is 1. The number of hydrogen-bond donors (Lipinski definition) is 2. The van der Waals surface area contributed by atoms with E-state index in [0.29, 0.717) is 12.4 Å². The van der Waals surface area contributed by atoms with Crippen LogP contribution in [0, 0.1) is 0 Å². The highest BCUT2D eigenvalue weighted by molar-refractivity contribution is 9.10. The van der Waals surface area contributed by atoms with Gasteiger partial charge in [0.2, 0.25) is 0 Å². The number of ether oxygens (including phenoxy) is 1. The first-order chi connectivity index (χ1) is 8.13. The van der Waals surface area contributed by atoms with Gasteiger partial charge in [-0.15, -0.1) is 0 Å². The first-order valence-electron chi connectivity index (χ1n) is 5.87. The lowest BCUT2D eigenvalue weighted by atomic mass is 10.0. The molecule has 94 valence electrons. The summed E-state index contributed by atoms with van der Waals surface area (Å²) in [5.41, 5.74) is 0.132. The van der Waals surface area contributed by atoms with Gasteiger partial charge < -0.3 is 14.9 Å². The molecular formula is C13H17BrO3. The highest BCUT2D eigenvalue weighted by Gasteiger charge is 2.31. The quantitative estimate of drug-likeness (QED) is 0.899. The number of hydrogen-bond acceptors (Lipinski definition) is 3. The van der Waals surface area contributed by atoms with Crippen molar-refractivity contribution in [3.8, 4) is 5.75 Å². The maximum atomic E-state index is 10.2. The zero-order valence-electron chi connectivity index (χ0n) is 9.66. The minimum Gasteiger partial charge on any atom is -0.491 e. The van der Waals surface area contributed by atoms with E-state index in [4.69, 9.17) is 9.84 Å². The van der Waals surface area contributed by atoms with Crippen molar-refractivity contribution in [3.05, 3.63) is 28.2 Å². The largest absolute Gasteiger partial charge is 0.491 e. The Bertz CT molecular complexity index is 386. The fraction of sp³-hybridized carbons (Fsp3) is 0.538. The second-order valence-electron chi connectivity index (χ2n) is 4.63. The van der Waals surface area contributed by atoms with Crippen molar-refractivity contribution in [1.82, 2.24) is 0 Å². The van der Waals surface area contributed by atoms with Crippen LogP contribution in [0.3, 0.4) is 0 Å². The van der Waals surface area contributed by atoms with E-state index in [1.54, 1.807) is 6.07 Å². The number of benzene rings is 1. The molecule has 0 heterocycles. The Kier molecular flexibility index (Phi) is 4.07. The molecule has 0 radical (unpaired) electrons. The van der Waals surface area contributed by atoms with Crippen molar-refractivity contribution in [2.75, 3.05) is 6.61 Å². The van der Waals surface area contributed by atoms with Crippen molar-refractivity contribution in [2.45, 2.75) is 37.9 Å².